The number of nitrogens with zero attached hydrogens (tertiary/aromatic N) is 1. The molecule has 1 fully saturated rings. The lowest BCUT2D eigenvalue weighted by Gasteiger charge is -2.28. The molecule has 1 unspecified atom stereocenters. The van der Waals surface area contributed by atoms with Gasteiger partial charge in [0, 0.05) is 24.3 Å². The molecule has 5 nitrogen and oxygen atoms in total. The van der Waals surface area contributed by atoms with Crippen molar-refractivity contribution in [2.75, 3.05) is 18.0 Å². The summed E-state index contributed by atoms with van der Waals surface area (Å²) in [6.07, 6.45) is 4.85. The van der Waals surface area contributed by atoms with Crippen molar-refractivity contribution in [3.05, 3.63) is 29.8 Å². The van der Waals surface area contributed by atoms with Crippen LogP contribution < -0.4 is 10.2 Å². The summed E-state index contributed by atoms with van der Waals surface area (Å²) in [7, 11) is 0. The molecule has 22 heavy (non-hydrogen) atoms. The van der Waals surface area contributed by atoms with Gasteiger partial charge in [0.05, 0.1) is 0 Å². The standard InChI is InChI=1S/C17H24N2O3/c1-2-6-15(17(21)22)18-16(20)13-7-9-14(10-8-13)19-11-4-3-5-12-19/h7-10,15H,2-6,11-12H2,1H3,(H,18,20)(H,21,22). The number of amides is 1. The fraction of sp³-hybridized carbons (Fsp3) is 0.529. The monoisotopic (exact) mass is 304 g/mol. The second-order valence-electron chi connectivity index (χ2n) is 5.75. The van der Waals surface area contributed by atoms with Crippen molar-refractivity contribution in [1.29, 1.82) is 0 Å². The summed E-state index contributed by atoms with van der Waals surface area (Å²) in [5.41, 5.74) is 1.63. The third-order valence-electron chi connectivity index (χ3n) is 4.03. The van der Waals surface area contributed by atoms with Crippen LogP contribution in [-0.2, 0) is 4.79 Å². The van der Waals surface area contributed by atoms with Crippen molar-refractivity contribution < 1.29 is 14.7 Å². The number of hydrogen-bond donors (Lipinski definition) is 2. The van der Waals surface area contributed by atoms with Crippen molar-refractivity contribution in [2.24, 2.45) is 0 Å². The van der Waals surface area contributed by atoms with Gasteiger partial charge in [-0.1, -0.05) is 13.3 Å². The van der Waals surface area contributed by atoms with Crippen LogP contribution in [0.15, 0.2) is 24.3 Å². The summed E-state index contributed by atoms with van der Waals surface area (Å²) in [6, 6.07) is 6.60. The van der Waals surface area contributed by atoms with E-state index in [1.807, 2.05) is 19.1 Å². The Balaban J connectivity index is 1.99. The van der Waals surface area contributed by atoms with Crippen molar-refractivity contribution in [2.45, 2.75) is 45.1 Å². The van der Waals surface area contributed by atoms with E-state index in [1.54, 1.807) is 12.1 Å². The molecule has 0 radical (unpaired) electrons. The predicted molar refractivity (Wildman–Crippen MR) is 86.3 cm³/mol. The molecule has 2 N–H and O–H groups in total. The Morgan fingerprint density at radius 2 is 1.82 bits per heavy atom. The first-order valence-corrected chi connectivity index (χ1v) is 8.00. The van der Waals surface area contributed by atoms with Gasteiger partial charge in [-0.05, 0) is 49.9 Å². The number of carboxylic acids is 1. The minimum absolute atomic E-state index is 0.328. The maximum Gasteiger partial charge on any atom is 0.326 e. The summed E-state index contributed by atoms with van der Waals surface area (Å²) in [5, 5.41) is 11.7. The van der Waals surface area contributed by atoms with Crippen LogP contribution in [0, 0.1) is 0 Å². The second kappa shape index (κ2) is 7.82. The van der Waals surface area contributed by atoms with Gasteiger partial charge in [-0.15, -0.1) is 0 Å². The highest BCUT2D eigenvalue weighted by atomic mass is 16.4. The number of piperidine rings is 1. The van der Waals surface area contributed by atoms with Gasteiger partial charge >= 0.3 is 5.97 Å². The van der Waals surface area contributed by atoms with Crippen LogP contribution in [0.1, 0.15) is 49.4 Å². The van der Waals surface area contributed by atoms with Crippen molar-refractivity contribution >= 4 is 17.6 Å². The average molecular weight is 304 g/mol. The molecule has 1 aliphatic heterocycles. The fourth-order valence-electron chi connectivity index (χ4n) is 2.76. The lowest BCUT2D eigenvalue weighted by atomic mass is 10.1. The zero-order valence-electron chi connectivity index (χ0n) is 13.0. The van der Waals surface area contributed by atoms with E-state index in [9.17, 15) is 9.59 Å². The largest absolute Gasteiger partial charge is 0.480 e. The van der Waals surface area contributed by atoms with Crippen molar-refractivity contribution in [3.63, 3.8) is 0 Å². The Kier molecular flexibility index (Phi) is 5.81. The van der Waals surface area contributed by atoms with E-state index >= 15 is 0 Å². The van der Waals surface area contributed by atoms with Crippen LogP contribution in [0.4, 0.5) is 5.69 Å². The number of anilines is 1. The molecule has 1 aromatic carbocycles. The van der Waals surface area contributed by atoms with Gasteiger partial charge in [-0.25, -0.2) is 4.79 Å². The lowest BCUT2D eigenvalue weighted by molar-refractivity contribution is -0.139. The molecule has 120 valence electrons. The topological polar surface area (TPSA) is 69.6 Å². The maximum atomic E-state index is 12.1. The molecule has 0 saturated carbocycles. The van der Waals surface area contributed by atoms with Crippen molar-refractivity contribution in [1.82, 2.24) is 5.32 Å². The predicted octanol–water partition coefficient (Wildman–Crippen LogP) is 2.66. The van der Waals surface area contributed by atoms with Gasteiger partial charge in [-0.3, -0.25) is 4.79 Å². The first kappa shape index (κ1) is 16.3. The van der Waals surface area contributed by atoms with Gasteiger partial charge < -0.3 is 15.3 Å². The third-order valence-corrected chi connectivity index (χ3v) is 4.03. The molecule has 1 heterocycles. The molecule has 1 atom stereocenters. The molecule has 1 amide bonds. The molecule has 5 heteroatoms. The number of benzene rings is 1. The first-order valence-electron chi connectivity index (χ1n) is 8.00. The SMILES string of the molecule is CCCC(NC(=O)c1ccc(N2CCCCC2)cc1)C(=O)O. The molecular formula is C17H24N2O3. The summed E-state index contributed by atoms with van der Waals surface area (Å²) in [6.45, 7) is 4.02. The quantitative estimate of drug-likeness (QED) is 0.847. The minimum atomic E-state index is -0.986. The van der Waals surface area contributed by atoms with Crippen LogP contribution >= 0.6 is 0 Å². The van der Waals surface area contributed by atoms with E-state index in [0.717, 1.165) is 18.8 Å². The zero-order chi connectivity index (χ0) is 15.9. The van der Waals surface area contributed by atoms with E-state index < -0.39 is 12.0 Å². The van der Waals surface area contributed by atoms with Crippen LogP contribution in [-0.4, -0.2) is 36.1 Å². The average Bonchev–Trinajstić information content (AvgIpc) is 2.55. The van der Waals surface area contributed by atoms with Gasteiger partial charge in [0.2, 0.25) is 0 Å². The van der Waals surface area contributed by atoms with Gasteiger partial charge in [-0.2, -0.15) is 0 Å². The number of hydrogen-bond acceptors (Lipinski definition) is 3. The van der Waals surface area contributed by atoms with Gasteiger partial charge in [0.15, 0.2) is 0 Å². The summed E-state index contributed by atoms with van der Waals surface area (Å²) in [4.78, 5) is 25.6. The highest BCUT2D eigenvalue weighted by Crippen LogP contribution is 2.20. The van der Waals surface area contributed by atoms with Gasteiger partial charge in [0.25, 0.3) is 5.91 Å². The Labute approximate surface area is 131 Å². The molecule has 0 bridgehead atoms. The number of carbonyl (C=O) groups is 2. The third kappa shape index (κ3) is 4.23. The molecule has 2 rings (SSSR count). The molecule has 0 aliphatic carbocycles. The van der Waals surface area contributed by atoms with E-state index in [-0.39, 0.29) is 5.91 Å². The maximum absolute atomic E-state index is 12.1. The van der Waals surface area contributed by atoms with Gasteiger partial charge in [0.1, 0.15) is 6.04 Å². The highest BCUT2D eigenvalue weighted by Gasteiger charge is 2.19. The normalized spacial score (nSPS) is 16.1. The number of carbonyl (C=O) groups excluding carboxylic acids is 1. The summed E-state index contributed by atoms with van der Waals surface area (Å²) >= 11 is 0. The molecule has 1 aliphatic rings. The number of nitrogens with one attached hydrogen (secondary N) is 1. The number of carboxylic acid groups (broad SMARTS) is 1. The van der Waals surface area contributed by atoms with E-state index in [0.29, 0.717) is 18.4 Å². The Morgan fingerprint density at radius 1 is 1.18 bits per heavy atom. The molecule has 0 aromatic heterocycles. The Morgan fingerprint density at radius 3 is 2.36 bits per heavy atom. The summed E-state index contributed by atoms with van der Waals surface area (Å²) < 4.78 is 0. The van der Waals surface area contributed by atoms with Crippen LogP contribution in [0.3, 0.4) is 0 Å². The number of rotatable bonds is 6. The van der Waals surface area contributed by atoms with Crippen LogP contribution in [0.25, 0.3) is 0 Å². The summed E-state index contributed by atoms with van der Waals surface area (Å²) in [5.74, 6) is -1.31. The molecular weight excluding hydrogens is 280 g/mol. The van der Waals surface area contributed by atoms with E-state index in [1.165, 1.54) is 19.3 Å². The van der Waals surface area contributed by atoms with E-state index in [4.69, 9.17) is 5.11 Å². The second-order valence-corrected chi connectivity index (χ2v) is 5.75. The lowest BCUT2D eigenvalue weighted by Crippen LogP contribution is -2.40. The van der Waals surface area contributed by atoms with E-state index in [2.05, 4.69) is 10.2 Å². The molecule has 0 spiro atoms. The van der Waals surface area contributed by atoms with Crippen molar-refractivity contribution in [3.8, 4) is 0 Å². The molecule has 1 aromatic rings. The van der Waals surface area contributed by atoms with Crippen LogP contribution in [0.2, 0.25) is 0 Å². The molecule has 1 saturated heterocycles. The number of aliphatic carboxylic acids is 1. The Hall–Kier alpha value is -2.04. The fourth-order valence-corrected chi connectivity index (χ4v) is 2.76. The van der Waals surface area contributed by atoms with Crippen LogP contribution in [0.5, 0.6) is 0 Å². The Bertz CT molecular complexity index is 507. The first-order chi connectivity index (χ1) is 10.6. The zero-order valence-corrected chi connectivity index (χ0v) is 13.0. The minimum Gasteiger partial charge on any atom is -0.480 e. The highest BCUT2D eigenvalue weighted by molar-refractivity contribution is 5.96. The smallest absolute Gasteiger partial charge is 0.326 e.